The van der Waals surface area contributed by atoms with E-state index in [-0.39, 0.29) is 23.3 Å². The highest BCUT2D eigenvalue weighted by Crippen LogP contribution is 2.33. The second kappa shape index (κ2) is 13.1. The summed E-state index contributed by atoms with van der Waals surface area (Å²) in [6.45, 7) is 1.43. The van der Waals surface area contributed by atoms with E-state index in [9.17, 15) is 19.2 Å². The standard InChI is InChI=1S/C33H28N2O8/c1-21-17-25(29(34)36)19-35(18-21)30-28(43-33(39)24-15-9-4-10-16-24)27(42-32(38)23-13-7-3-8-14-23)26(41-30)20-40-31(37)22-11-5-2-6-12-22/h2-19,26-28,30H,20H2,1H3,(H-,34,36)/p+1. The molecule has 2 heterocycles. The molecule has 1 fully saturated rings. The molecule has 0 radical (unpaired) electrons. The first kappa shape index (κ1) is 29.2. The van der Waals surface area contributed by atoms with Crippen LogP contribution in [0.3, 0.4) is 0 Å². The molecule has 10 heteroatoms. The zero-order valence-corrected chi connectivity index (χ0v) is 23.2. The Morgan fingerprint density at radius 1 is 0.698 bits per heavy atom. The van der Waals surface area contributed by atoms with Gasteiger partial charge >= 0.3 is 24.1 Å². The number of pyridine rings is 1. The van der Waals surface area contributed by atoms with Gasteiger partial charge in [0.05, 0.1) is 16.7 Å². The van der Waals surface area contributed by atoms with Gasteiger partial charge < -0.3 is 24.7 Å². The lowest BCUT2D eigenvalue weighted by Crippen LogP contribution is -2.49. The van der Waals surface area contributed by atoms with Gasteiger partial charge in [0.2, 0.25) is 6.10 Å². The fourth-order valence-corrected chi connectivity index (χ4v) is 4.73. The quantitative estimate of drug-likeness (QED) is 0.180. The second-order valence-electron chi connectivity index (χ2n) is 9.91. The van der Waals surface area contributed by atoms with E-state index in [0.29, 0.717) is 11.1 Å². The van der Waals surface area contributed by atoms with Crippen LogP contribution in [0.15, 0.2) is 109 Å². The molecule has 5 rings (SSSR count). The molecule has 0 saturated carbocycles. The lowest BCUT2D eigenvalue weighted by molar-refractivity contribution is -0.765. The maximum atomic E-state index is 13.3. The Kier molecular flexibility index (Phi) is 8.88. The summed E-state index contributed by atoms with van der Waals surface area (Å²) in [6, 6.07) is 26.6. The SMILES string of the molecule is Cc1cc(C(N)=O)c[n+](C2OC(COC(=O)c3ccccc3)C(OC(=O)c3ccccc3)C2OC(=O)c2ccccc2)c1. The number of carbonyl (C=O) groups excluding carboxylic acids is 4. The van der Waals surface area contributed by atoms with Gasteiger partial charge in [-0.1, -0.05) is 54.6 Å². The summed E-state index contributed by atoms with van der Waals surface area (Å²) < 4.78 is 25.3. The molecule has 10 nitrogen and oxygen atoms in total. The first-order valence-electron chi connectivity index (χ1n) is 13.5. The molecule has 4 aromatic rings. The summed E-state index contributed by atoms with van der Waals surface area (Å²) >= 11 is 0. The topological polar surface area (TPSA) is 135 Å². The van der Waals surface area contributed by atoms with Crippen LogP contribution < -0.4 is 10.3 Å². The van der Waals surface area contributed by atoms with Crippen molar-refractivity contribution in [3.8, 4) is 0 Å². The van der Waals surface area contributed by atoms with Crippen LogP contribution in [0.5, 0.6) is 0 Å². The second-order valence-corrected chi connectivity index (χ2v) is 9.91. The monoisotopic (exact) mass is 581 g/mol. The van der Waals surface area contributed by atoms with Gasteiger partial charge in [0.25, 0.3) is 5.91 Å². The number of amides is 1. The molecule has 0 spiro atoms. The minimum Gasteiger partial charge on any atom is -0.459 e. The molecule has 1 amide bonds. The number of ether oxygens (including phenoxy) is 4. The number of primary amides is 1. The fourth-order valence-electron chi connectivity index (χ4n) is 4.73. The number of nitrogens with two attached hydrogens (primary N) is 1. The lowest BCUT2D eigenvalue weighted by Gasteiger charge is -2.23. The zero-order valence-electron chi connectivity index (χ0n) is 23.2. The lowest BCUT2D eigenvalue weighted by atomic mass is 10.1. The Morgan fingerprint density at radius 3 is 1.70 bits per heavy atom. The molecular formula is C33H29N2O8+. The van der Waals surface area contributed by atoms with Gasteiger partial charge in [-0.2, -0.15) is 4.57 Å². The molecule has 1 aliphatic heterocycles. The van der Waals surface area contributed by atoms with Gasteiger partial charge in [-0.25, -0.2) is 14.4 Å². The van der Waals surface area contributed by atoms with Crippen LogP contribution in [-0.2, 0) is 18.9 Å². The Morgan fingerprint density at radius 2 is 1.19 bits per heavy atom. The largest absolute Gasteiger partial charge is 0.459 e. The van der Waals surface area contributed by atoms with Crippen molar-refractivity contribution in [1.29, 1.82) is 0 Å². The molecule has 218 valence electrons. The minimum atomic E-state index is -1.21. The van der Waals surface area contributed by atoms with Crippen LogP contribution in [-0.4, -0.2) is 48.7 Å². The number of nitrogens with zero attached hydrogens (tertiary/aromatic N) is 1. The van der Waals surface area contributed by atoms with Gasteiger partial charge in [0.1, 0.15) is 18.3 Å². The molecule has 1 aliphatic rings. The number of aryl methyl sites for hydroxylation is 1. The number of carbonyl (C=O) groups is 4. The third kappa shape index (κ3) is 6.94. The predicted octanol–water partition coefficient (Wildman–Crippen LogP) is 3.59. The maximum absolute atomic E-state index is 13.3. The summed E-state index contributed by atoms with van der Waals surface area (Å²) in [4.78, 5) is 51.4. The van der Waals surface area contributed by atoms with Crippen LogP contribution in [0.1, 0.15) is 53.2 Å². The predicted molar refractivity (Wildman–Crippen MR) is 152 cm³/mol. The van der Waals surface area contributed by atoms with E-state index in [1.165, 1.54) is 10.8 Å². The van der Waals surface area contributed by atoms with Crippen molar-refractivity contribution in [2.75, 3.05) is 6.61 Å². The van der Waals surface area contributed by atoms with E-state index in [4.69, 9.17) is 24.7 Å². The number of hydrogen-bond donors (Lipinski definition) is 1. The summed E-state index contributed by atoms with van der Waals surface area (Å²) in [5.41, 5.74) is 7.26. The number of aromatic nitrogens is 1. The Labute approximate surface area is 247 Å². The minimum absolute atomic E-state index is 0.188. The smallest absolute Gasteiger partial charge is 0.338 e. The summed E-state index contributed by atoms with van der Waals surface area (Å²) in [7, 11) is 0. The van der Waals surface area contributed by atoms with Gasteiger partial charge in [-0.3, -0.25) is 4.79 Å². The van der Waals surface area contributed by atoms with Crippen molar-refractivity contribution in [2.24, 2.45) is 5.73 Å². The van der Waals surface area contributed by atoms with E-state index in [1.807, 2.05) is 0 Å². The van der Waals surface area contributed by atoms with E-state index < -0.39 is 48.4 Å². The fraction of sp³-hybridized carbons (Fsp3) is 0.182. The van der Waals surface area contributed by atoms with Crippen LogP contribution in [0.25, 0.3) is 0 Å². The third-order valence-corrected chi connectivity index (χ3v) is 6.78. The van der Waals surface area contributed by atoms with Crippen molar-refractivity contribution in [1.82, 2.24) is 0 Å². The first-order chi connectivity index (χ1) is 20.8. The molecule has 1 saturated heterocycles. The molecule has 1 aromatic heterocycles. The highest BCUT2D eigenvalue weighted by atomic mass is 16.7. The van der Waals surface area contributed by atoms with Crippen molar-refractivity contribution in [3.63, 3.8) is 0 Å². The molecular weight excluding hydrogens is 552 g/mol. The van der Waals surface area contributed by atoms with Crippen molar-refractivity contribution in [3.05, 3.63) is 137 Å². The van der Waals surface area contributed by atoms with Crippen LogP contribution >= 0.6 is 0 Å². The van der Waals surface area contributed by atoms with Gasteiger partial charge in [0.15, 0.2) is 18.5 Å². The Hall–Kier alpha value is -5.35. The molecule has 43 heavy (non-hydrogen) atoms. The van der Waals surface area contributed by atoms with E-state index in [0.717, 1.165) is 0 Å². The van der Waals surface area contributed by atoms with Crippen LogP contribution in [0.4, 0.5) is 0 Å². The van der Waals surface area contributed by atoms with Gasteiger partial charge in [-0.05, 0) is 49.4 Å². The maximum Gasteiger partial charge on any atom is 0.338 e. The highest BCUT2D eigenvalue weighted by molar-refractivity contribution is 5.92. The molecule has 4 atom stereocenters. The Balaban J connectivity index is 1.52. The number of hydrogen-bond acceptors (Lipinski definition) is 8. The van der Waals surface area contributed by atoms with E-state index in [1.54, 1.807) is 110 Å². The van der Waals surface area contributed by atoms with Crippen molar-refractivity contribution >= 4 is 23.8 Å². The van der Waals surface area contributed by atoms with Crippen LogP contribution in [0, 0.1) is 6.92 Å². The molecule has 2 N–H and O–H groups in total. The highest BCUT2D eigenvalue weighted by Gasteiger charge is 2.55. The third-order valence-electron chi connectivity index (χ3n) is 6.78. The first-order valence-corrected chi connectivity index (χ1v) is 13.5. The number of esters is 3. The van der Waals surface area contributed by atoms with E-state index >= 15 is 0 Å². The number of rotatable bonds is 9. The van der Waals surface area contributed by atoms with Gasteiger partial charge in [-0.15, -0.1) is 0 Å². The van der Waals surface area contributed by atoms with Crippen molar-refractivity contribution in [2.45, 2.75) is 31.5 Å². The normalized spacial score (nSPS) is 19.3. The van der Waals surface area contributed by atoms with E-state index in [2.05, 4.69) is 0 Å². The summed E-state index contributed by atoms with van der Waals surface area (Å²) in [5, 5.41) is 0. The zero-order chi connectivity index (χ0) is 30.3. The van der Waals surface area contributed by atoms with Crippen molar-refractivity contribution < 1.29 is 42.7 Å². The van der Waals surface area contributed by atoms with Crippen LogP contribution in [0.2, 0.25) is 0 Å². The van der Waals surface area contributed by atoms with Gasteiger partial charge in [0, 0.05) is 5.56 Å². The summed E-state index contributed by atoms with van der Waals surface area (Å²) in [5.74, 6) is -2.67. The molecule has 3 aromatic carbocycles. The molecule has 0 bridgehead atoms. The Bertz CT molecular complexity index is 1610. The molecule has 4 unspecified atom stereocenters. The molecule has 0 aliphatic carbocycles. The number of benzene rings is 3. The average molecular weight is 582 g/mol. The summed E-state index contributed by atoms with van der Waals surface area (Å²) in [6.07, 6.45) is -1.43. The average Bonchev–Trinajstić information content (AvgIpc) is 3.36.